The van der Waals surface area contributed by atoms with Gasteiger partial charge in [0.25, 0.3) is 11.4 Å². The number of benzene rings is 1. The van der Waals surface area contributed by atoms with E-state index in [0.717, 1.165) is 6.08 Å². The van der Waals surface area contributed by atoms with Gasteiger partial charge in [0.1, 0.15) is 41.5 Å². The van der Waals surface area contributed by atoms with Crippen LogP contribution >= 0.6 is 0 Å². The number of hydrogen-bond donors (Lipinski definition) is 10. The average Bonchev–Trinajstić information content (AvgIpc) is 2.84. The summed E-state index contributed by atoms with van der Waals surface area (Å²) in [6.07, 6.45) is -8.61. The number of rotatable bonds is 8. The van der Waals surface area contributed by atoms with Gasteiger partial charge in [-0.2, -0.15) is 0 Å². The lowest BCUT2D eigenvalue weighted by Gasteiger charge is -2.37. The Morgan fingerprint density at radius 2 is 1.46 bits per heavy atom. The van der Waals surface area contributed by atoms with E-state index in [4.69, 9.17) is 5.11 Å². The summed E-state index contributed by atoms with van der Waals surface area (Å²) in [5.41, 5.74) is -5.59. The Morgan fingerprint density at radius 3 is 1.97 bits per heavy atom. The van der Waals surface area contributed by atoms with Crippen molar-refractivity contribution < 1.29 is 70.2 Å². The summed E-state index contributed by atoms with van der Waals surface area (Å²) in [6, 6.07) is 5.12. The van der Waals surface area contributed by atoms with E-state index >= 15 is 0 Å². The van der Waals surface area contributed by atoms with E-state index in [2.05, 4.69) is 0 Å². The quantitative estimate of drug-likeness (QED) is 0.0531. The first-order valence-electron chi connectivity index (χ1n) is 9.71. The van der Waals surface area contributed by atoms with Crippen LogP contribution in [0.25, 0.3) is 6.08 Å². The summed E-state index contributed by atoms with van der Waals surface area (Å²) in [5, 5.41) is 97.6. The SMILES string of the molecule is O=C1C(=C(O)/C=C/c2ccc(O)cc2)C(=O)C(O)(C(=O)[C@H](O)[C@@H](O)[C@H](O)[C@H](O)CO)C(=O)C1(O)O. The van der Waals surface area contributed by atoms with Crippen molar-refractivity contribution in [3.63, 3.8) is 0 Å². The molecule has 10 N–H and O–H groups in total. The molecule has 1 fully saturated rings. The molecule has 35 heavy (non-hydrogen) atoms. The highest BCUT2D eigenvalue weighted by Crippen LogP contribution is 2.33. The van der Waals surface area contributed by atoms with Gasteiger partial charge in [-0.1, -0.05) is 18.2 Å². The lowest BCUT2D eigenvalue weighted by atomic mass is 9.70. The molecule has 14 heteroatoms. The second-order valence-corrected chi connectivity index (χ2v) is 7.60. The molecule has 0 saturated heterocycles. The molecule has 1 saturated carbocycles. The third-order valence-electron chi connectivity index (χ3n) is 5.21. The maximum Gasteiger partial charge on any atom is 0.294 e. The standard InChI is InChI=1S/C21H22O14/c22-7-11(25)13(26)14(27)15(28)18(31)20(33)16(29)12(17(30)21(34,35)19(20)32)10(24)6-3-8-1-4-9(23)5-2-8/h1-6,11,13-15,22-28,33-35H,7H2/b6-3+,12-10?/t11-,13-,14+,15-,20?/m1/s1. The molecule has 0 heterocycles. The minimum Gasteiger partial charge on any atom is -0.508 e. The van der Waals surface area contributed by atoms with E-state index in [1.165, 1.54) is 24.3 Å². The lowest BCUT2D eigenvalue weighted by molar-refractivity contribution is -0.206. The van der Waals surface area contributed by atoms with Crippen LogP contribution in [0.5, 0.6) is 5.75 Å². The number of phenols is 1. The predicted octanol–water partition coefficient (Wildman–Crippen LogP) is -4.64. The number of aliphatic hydroxyl groups is 9. The zero-order valence-electron chi connectivity index (χ0n) is 17.6. The normalized spacial score (nSPS) is 25.3. The molecule has 1 unspecified atom stereocenters. The van der Waals surface area contributed by atoms with Gasteiger partial charge in [-0.15, -0.1) is 0 Å². The first-order chi connectivity index (χ1) is 16.1. The van der Waals surface area contributed by atoms with Crippen molar-refractivity contribution in [3.8, 4) is 5.75 Å². The fourth-order valence-corrected chi connectivity index (χ4v) is 3.11. The van der Waals surface area contributed by atoms with Crippen LogP contribution in [0.3, 0.4) is 0 Å². The molecule has 0 amide bonds. The Labute approximate surface area is 195 Å². The van der Waals surface area contributed by atoms with Crippen LogP contribution < -0.4 is 0 Å². The number of allylic oxidation sites excluding steroid dienone is 1. The minimum atomic E-state index is -4.25. The molecule has 0 aliphatic heterocycles. The van der Waals surface area contributed by atoms with Gasteiger partial charge < -0.3 is 51.1 Å². The highest BCUT2D eigenvalue weighted by Gasteiger charge is 2.69. The second-order valence-electron chi connectivity index (χ2n) is 7.60. The number of carbonyl (C=O) groups excluding carboxylic acids is 4. The van der Waals surface area contributed by atoms with Crippen LogP contribution in [0, 0.1) is 0 Å². The third kappa shape index (κ3) is 4.90. The van der Waals surface area contributed by atoms with E-state index in [9.17, 15) is 65.1 Å². The van der Waals surface area contributed by atoms with Gasteiger partial charge >= 0.3 is 0 Å². The van der Waals surface area contributed by atoms with Gasteiger partial charge in [0.15, 0.2) is 0 Å². The molecule has 14 nitrogen and oxygen atoms in total. The molecule has 0 radical (unpaired) electrons. The molecule has 0 bridgehead atoms. The monoisotopic (exact) mass is 498 g/mol. The van der Waals surface area contributed by atoms with E-state index in [1.807, 2.05) is 0 Å². The van der Waals surface area contributed by atoms with E-state index < -0.39 is 76.9 Å². The molecule has 190 valence electrons. The highest BCUT2D eigenvalue weighted by molar-refractivity contribution is 6.48. The molecule has 1 aromatic rings. The lowest BCUT2D eigenvalue weighted by Crippen LogP contribution is -2.72. The molecule has 5 atom stereocenters. The molecule has 1 aromatic carbocycles. The summed E-state index contributed by atoms with van der Waals surface area (Å²) < 4.78 is 0. The third-order valence-corrected chi connectivity index (χ3v) is 5.21. The molecular weight excluding hydrogens is 476 g/mol. The number of aliphatic hydroxyl groups excluding tert-OH is 6. The number of aromatic hydroxyl groups is 1. The number of hydrogen-bond acceptors (Lipinski definition) is 14. The van der Waals surface area contributed by atoms with Gasteiger partial charge in [0, 0.05) is 0 Å². The summed E-state index contributed by atoms with van der Waals surface area (Å²) >= 11 is 0. The Balaban J connectivity index is 2.55. The first kappa shape index (κ1) is 27.9. The van der Waals surface area contributed by atoms with Gasteiger partial charge in [-0.05, 0) is 23.8 Å². The smallest absolute Gasteiger partial charge is 0.294 e. The second kappa shape index (κ2) is 10.1. The number of ketones is 4. The Bertz CT molecular complexity index is 1090. The zero-order valence-corrected chi connectivity index (χ0v) is 17.6. The maximum atomic E-state index is 12.8. The van der Waals surface area contributed by atoms with Crippen molar-refractivity contribution in [1.29, 1.82) is 0 Å². The minimum absolute atomic E-state index is 0.118. The molecule has 2 rings (SSSR count). The Kier molecular flexibility index (Phi) is 8.06. The summed E-state index contributed by atoms with van der Waals surface area (Å²) in [5.74, 6) is -14.9. The van der Waals surface area contributed by atoms with Gasteiger partial charge in [0.05, 0.1) is 6.61 Å². The van der Waals surface area contributed by atoms with E-state index in [-0.39, 0.29) is 11.3 Å². The van der Waals surface area contributed by atoms with Gasteiger partial charge in [0.2, 0.25) is 23.1 Å². The maximum absolute atomic E-state index is 12.8. The highest BCUT2D eigenvalue weighted by atomic mass is 16.5. The van der Waals surface area contributed by atoms with Crippen LogP contribution in [-0.2, 0) is 19.2 Å². The van der Waals surface area contributed by atoms with Gasteiger partial charge in [-0.3, -0.25) is 19.2 Å². The van der Waals surface area contributed by atoms with Crippen LogP contribution in [-0.4, -0.2) is 117 Å². The van der Waals surface area contributed by atoms with Gasteiger partial charge in [-0.25, -0.2) is 0 Å². The molecular formula is C21H22O14. The Morgan fingerprint density at radius 1 is 0.914 bits per heavy atom. The van der Waals surface area contributed by atoms with Crippen molar-refractivity contribution in [1.82, 2.24) is 0 Å². The largest absolute Gasteiger partial charge is 0.508 e. The summed E-state index contributed by atoms with van der Waals surface area (Å²) in [7, 11) is 0. The van der Waals surface area contributed by atoms with E-state index in [1.54, 1.807) is 0 Å². The van der Waals surface area contributed by atoms with Crippen LogP contribution in [0.15, 0.2) is 41.7 Å². The topological polar surface area (TPSA) is 271 Å². The van der Waals surface area contributed by atoms with Crippen LogP contribution in [0.2, 0.25) is 0 Å². The molecule has 0 aromatic heterocycles. The van der Waals surface area contributed by atoms with Crippen LogP contribution in [0.4, 0.5) is 0 Å². The number of phenolic OH excluding ortho intramolecular Hbond substituents is 1. The Hall–Kier alpha value is -3.34. The van der Waals surface area contributed by atoms with E-state index in [0.29, 0.717) is 6.08 Å². The van der Waals surface area contributed by atoms with Crippen molar-refractivity contribution in [3.05, 3.63) is 47.2 Å². The molecule has 1 aliphatic rings. The van der Waals surface area contributed by atoms with Crippen molar-refractivity contribution in [2.24, 2.45) is 0 Å². The fourth-order valence-electron chi connectivity index (χ4n) is 3.11. The fraction of sp³-hybridized carbons (Fsp3) is 0.333. The zero-order chi connectivity index (χ0) is 26.9. The number of Topliss-reactive ketones (excluding diaryl/α,β-unsaturated/α-hetero) is 4. The molecule has 1 aliphatic carbocycles. The summed E-state index contributed by atoms with van der Waals surface area (Å²) in [6.45, 7) is -1.17. The first-order valence-corrected chi connectivity index (χ1v) is 9.71. The summed E-state index contributed by atoms with van der Waals surface area (Å²) in [4.78, 5) is 50.2. The van der Waals surface area contributed by atoms with Crippen LogP contribution in [0.1, 0.15) is 5.56 Å². The molecule has 0 spiro atoms. The van der Waals surface area contributed by atoms with Crippen molar-refractivity contribution in [2.75, 3.05) is 6.61 Å². The number of carbonyl (C=O) groups is 4. The predicted molar refractivity (Wildman–Crippen MR) is 110 cm³/mol. The average molecular weight is 498 g/mol. The van der Waals surface area contributed by atoms with Crippen molar-refractivity contribution in [2.45, 2.75) is 35.8 Å². The van der Waals surface area contributed by atoms with Crippen molar-refractivity contribution >= 4 is 29.2 Å².